The Labute approximate surface area is 169 Å². The van der Waals surface area contributed by atoms with E-state index < -0.39 is 70.8 Å². The van der Waals surface area contributed by atoms with Gasteiger partial charge in [0, 0.05) is 10.8 Å². The first-order chi connectivity index (χ1) is 13.4. The average molecular weight is 498 g/mol. The summed E-state index contributed by atoms with van der Waals surface area (Å²) in [5.74, 6) is 0. The van der Waals surface area contributed by atoms with E-state index in [-0.39, 0.29) is 10.8 Å². The molecule has 0 spiro atoms. The summed E-state index contributed by atoms with van der Waals surface area (Å²) >= 11 is 0. The van der Waals surface area contributed by atoms with Gasteiger partial charge in [-0.3, -0.25) is 18.2 Å². The molecule has 0 fully saturated rings. The van der Waals surface area contributed by atoms with E-state index in [0.717, 1.165) is 12.1 Å². The second-order valence-corrected chi connectivity index (χ2v) is 11.4. The molecule has 0 radical (unpaired) electrons. The van der Waals surface area contributed by atoms with Crippen molar-refractivity contribution < 1.29 is 51.9 Å². The van der Waals surface area contributed by atoms with E-state index in [1.807, 2.05) is 0 Å². The van der Waals surface area contributed by atoms with Gasteiger partial charge in [0.05, 0.1) is 0 Å². The molecule has 0 saturated carbocycles. The van der Waals surface area contributed by atoms with Crippen molar-refractivity contribution >= 4 is 62.0 Å². The molecule has 0 bridgehead atoms. The Morgan fingerprint density at radius 1 is 0.467 bits per heavy atom. The van der Waals surface area contributed by atoms with Crippen LogP contribution in [0.5, 0.6) is 0 Å². The highest BCUT2D eigenvalue weighted by Crippen LogP contribution is 2.42. The van der Waals surface area contributed by atoms with Crippen LogP contribution in [0, 0.1) is 0 Å². The Kier molecular flexibility index (Phi) is 4.99. The van der Waals surface area contributed by atoms with Crippen molar-refractivity contribution in [3.8, 4) is 0 Å². The van der Waals surface area contributed by atoms with Gasteiger partial charge >= 0.3 is 0 Å². The second-order valence-electron chi connectivity index (χ2n) is 5.96. The maximum absolute atomic E-state index is 12.0. The third-order valence-electron chi connectivity index (χ3n) is 4.03. The zero-order chi connectivity index (χ0) is 22.9. The van der Waals surface area contributed by atoms with Gasteiger partial charge in [-0.15, -0.1) is 0 Å². The molecule has 16 heteroatoms. The molecule has 30 heavy (non-hydrogen) atoms. The van der Waals surface area contributed by atoms with Gasteiger partial charge in [-0.1, -0.05) is 24.3 Å². The molecule has 162 valence electrons. The lowest BCUT2D eigenvalue weighted by Crippen LogP contribution is -2.19. The number of rotatable bonds is 4. The van der Waals surface area contributed by atoms with Crippen LogP contribution >= 0.6 is 0 Å². The fourth-order valence-corrected chi connectivity index (χ4v) is 8.00. The van der Waals surface area contributed by atoms with Crippen molar-refractivity contribution in [1.82, 2.24) is 0 Å². The lowest BCUT2D eigenvalue weighted by atomic mass is 10.0. The lowest BCUT2D eigenvalue weighted by molar-refractivity contribution is 0.449. The Hall–Kier alpha value is -2.18. The van der Waals surface area contributed by atoms with Crippen molar-refractivity contribution in [2.24, 2.45) is 0 Å². The molecule has 0 aromatic heterocycles. The number of hydrogen-bond donors (Lipinski definition) is 4. The molecular weight excluding hydrogens is 488 g/mol. The van der Waals surface area contributed by atoms with Crippen LogP contribution in [0.1, 0.15) is 0 Å². The quantitative estimate of drug-likeness (QED) is 0.292. The Bertz CT molecular complexity index is 1540. The molecular formula is C14H10O12S4. The van der Waals surface area contributed by atoms with Crippen LogP contribution in [0.4, 0.5) is 0 Å². The minimum Gasteiger partial charge on any atom is -0.282 e. The normalized spacial score (nSPS) is 13.7. The predicted molar refractivity (Wildman–Crippen MR) is 101 cm³/mol. The van der Waals surface area contributed by atoms with E-state index in [0.29, 0.717) is 0 Å². The molecule has 0 heterocycles. The van der Waals surface area contributed by atoms with Crippen LogP contribution in [-0.4, -0.2) is 51.9 Å². The van der Waals surface area contributed by atoms with Gasteiger partial charge in [0.2, 0.25) is 0 Å². The zero-order valence-corrected chi connectivity index (χ0v) is 17.4. The minimum absolute atomic E-state index is 0.192. The third-order valence-corrected chi connectivity index (χ3v) is 8.14. The molecule has 4 N–H and O–H groups in total. The Balaban J connectivity index is 2.98. The van der Waals surface area contributed by atoms with E-state index in [1.54, 1.807) is 0 Å². The summed E-state index contributed by atoms with van der Waals surface area (Å²) in [5.41, 5.74) is 0. The topological polar surface area (TPSA) is 217 Å². The van der Waals surface area contributed by atoms with Crippen LogP contribution in [0.15, 0.2) is 56.0 Å². The van der Waals surface area contributed by atoms with Gasteiger partial charge in [-0.2, -0.15) is 33.7 Å². The summed E-state index contributed by atoms with van der Waals surface area (Å²) in [5, 5.41) is -1.33. The largest absolute Gasteiger partial charge is 0.297 e. The Morgan fingerprint density at radius 3 is 0.967 bits per heavy atom. The summed E-state index contributed by atoms with van der Waals surface area (Å²) in [7, 11) is -23.1. The van der Waals surface area contributed by atoms with Gasteiger partial charge in [0.25, 0.3) is 40.5 Å². The molecule has 0 unspecified atom stereocenters. The lowest BCUT2D eigenvalue weighted by Gasteiger charge is -2.17. The highest BCUT2D eigenvalue weighted by molar-refractivity contribution is 7.91. The zero-order valence-electron chi connectivity index (χ0n) is 14.2. The monoisotopic (exact) mass is 498 g/mol. The maximum atomic E-state index is 12.0. The van der Waals surface area contributed by atoms with Gasteiger partial charge < -0.3 is 0 Å². The summed E-state index contributed by atoms with van der Waals surface area (Å²) in [6.45, 7) is 0. The van der Waals surface area contributed by atoms with Crippen molar-refractivity contribution in [3.63, 3.8) is 0 Å². The molecule has 0 aliphatic carbocycles. The molecule has 3 aromatic carbocycles. The smallest absolute Gasteiger partial charge is 0.282 e. The van der Waals surface area contributed by atoms with Gasteiger partial charge in [-0.25, -0.2) is 0 Å². The second kappa shape index (κ2) is 6.66. The first-order valence-electron chi connectivity index (χ1n) is 7.36. The molecule has 0 aliphatic heterocycles. The minimum atomic E-state index is -5.91. The number of benzene rings is 3. The van der Waals surface area contributed by atoms with E-state index in [1.165, 1.54) is 24.3 Å². The maximum Gasteiger partial charge on any atom is 0.297 e. The van der Waals surface area contributed by atoms with Crippen LogP contribution in [0.25, 0.3) is 21.5 Å². The van der Waals surface area contributed by atoms with Crippen molar-refractivity contribution in [1.29, 1.82) is 0 Å². The van der Waals surface area contributed by atoms with E-state index in [2.05, 4.69) is 0 Å². The predicted octanol–water partition coefficient (Wildman–Crippen LogP) is 0.980. The van der Waals surface area contributed by atoms with E-state index in [4.69, 9.17) is 0 Å². The molecule has 0 atom stereocenters. The summed E-state index contributed by atoms with van der Waals surface area (Å²) in [6.07, 6.45) is 0. The average Bonchev–Trinajstić information content (AvgIpc) is 2.54. The van der Waals surface area contributed by atoms with E-state index >= 15 is 0 Å². The summed E-state index contributed by atoms with van der Waals surface area (Å²) < 4.78 is 134. The molecule has 12 nitrogen and oxygen atoms in total. The van der Waals surface area contributed by atoms with E-state index in [9.17, 15) is 51.9 Å². The first kappa shape index (κ1) is 22.5. The SMILES string of the molecule is O=S(=O)(O)c1c(S(=O)(=O)O)c(S(=O)(=O)O)c2cc3ccccc3cc2c1S(=O)(=O)O. The highest BCUT2D eigenvalue weighted by Gasteiger charge is 2.41. The third kappa shape index (κ3) is 3.79. The van der Waals surface area contributed by atoms with Crippen molar-refractivity contribution in [3.05, 3.63) is 36.4 Å². The Morgan fingerprint density at radius 2 is 0.733 bits per heavy atom. The van der Waals surface area contributed by atoms with Crippen LogP contribution in [-0.2, 0) is 40.5 Å². The summed E-state index contributed by atoms with van der Waals surface area (Å²) in [4.78, 5) is -7.68. The molecule has 0 saturated heterocycles. The first-order valence-corrected chi connectivity index (χ1v) is 13.1. The van der Waals surface area contributed by atoms with Gasteiger partial charge in [0.1, 0.15) is 19.6 Å². The standard InChI is InChI=1S/C14H10O12S4/c15-27(16,17)11-9-5-7-3-1-2-4-8(7)6-10(9)12(28(18,19)20)14(30(24,25)26)13(11)29(21,22)23/h1-6H,(H,15,16,17)(H,18,19,20)(H,21,22,23)(H,24,25,26). The molecule has 3 rings (SSSR count). The molecule has 3 aromatic rings. The van der Waals surface area contributed by atoms with Crippen LogP contribution < -0.4 is 0 Å². The fourth-order valence-electron chi connectivity index (χ4n) is 3.05. The van der Waals surface area contributed by atoms with Crippen LogP contribution in [0.3, 0.4) is 0 Å². The molecule has 0 amide bonds. The van der Waals surface area contributed by atoms with Crippen molar-refractivity contribution in [2.75, 3.05) is 0 Å². The van der Waals surface area contributed by atoms with Crippen molar-refractivity contribution in [2.45, 2.75) is 19.6 Å². The fraction of sp³-hybridized carbons (Fsp3) is 0. The van der Waals surface area contributed by atoms with Gasteiger partial charge in [0.15, 0.2) is 0 Å². The molecule has 0 aliphatic rings. The summed E-state index contributed by atoms with van der Waals surface area (Å²) in [6, 6.07) is 7.51. The number of hydrogen-bond acceptors (Lipinski definition) is 8. The highest BCUT2D eigenvalue weighted by atomic mass is 32.2. The van der Waals surface area contributed by atoms with Crippen LogP contribution in [0.2, 0.25) is 0 Å². The van der Waals surface area contributed by atoms with Gasteiger partial charge in [-0.05, 0) is 22.9 Å². The number of fused-ring (bicyclic) bond motifs is 2.